The molecule has 0 bridgehead atoms. The van der Waals surface area contributed by atoms with E-state index < -0.39 is 91.3 Å². The van der Waals surface area contributed by atoms with Gasteiger partial charge in [0.05, 0.1) is 48.4 Å². The standard InChI is InChI=1S/C22H43ClN6O9/c23-14-18(37-21-9(26)2-1-8(6-25)35-21)10(27)5-11(29-20(34)12(31)3-4-24)19(14)38-22-17(33)15(28)16(32)13(7-30)36-22/h8-19,21-22,30-33H,1-7,24-28H2,(H,29,34)/t8-,9+,10-,11+,12-,13+,14+,15-,16-,17+,18+,19-,21+,22+/m0/s1. The zero-order valence-corrected chi connectivity index (χ0v) is 21.9. The van der Waals surface area contributed by atoms with Crippen molar-refractivity contribution in [3.63, 3.8) is 0 Å². The van der Waals surface area contributed by atoms with Crippen LogP contribution < -0.4 is 34.0 Å². The number of aliphatic hydroxyl groups is 4. The largest absolute Gasteiger partial charge is 0.394 e. The van der Waals surface area contributed by atoms with Gasteiger partial charge in [-0.3, -0.25) is 4.79 Å². The van der Waals surface area contributed by atoms with Gasteiger partial charge in [0.15, 0.2) is 12.6 Å². The summed E-state index contributed by atoms with van der Waals surface area (Å²) in [7, 11) is 0. The average Bonchev–Trinajstić information content (AvgIpc) is 2.89. The van der Waals surface area contributed by atoms with Crippen molar-refractivity contribution in [1.82, 2.24) is 5.32 Å². The molecule has 1 aliphatic carbocycles. The van der Waals surface area contributed by atoms with Crippen molar-refractivity contribution >= 4 is 17.5 Å². The van der Waals surface area contributed by atoms with E-state index in [2.05, 4.69) is 5.32 Å². The van der Waals surface area contributed by atoms with Gasteiger partial charge in [0.2, 0.25) is 5.91 Å². The second kappa shape index (κ2) is 14.2. The van der Waals surface area contributed by atoms with Crippen LogP contribution in [0.15, 0.2) is 0 Å². The second-order valence-electron chi connectivity index (χ2n) is 10.1. The molecule has 38 heavy (non-hydrogen) atoms. The number of rotatable bonds is 10. The molecule has 0 aromatic heterocycles. The molecule has 14 atom stereocenters. The van der Waals surface area contributed by atoms with Crippen LogP contribution in [0.4, 0.5) is 0 Å². The lowest BCUT2D eigenvalue weighted by atomic mass is 9.85. The van der Waals surface area contributed by atoms with Crippen LogP contribution in [0.5, 0.6) is 0 Å². The van der Waals surface area contributed by atoms with Crippen molar-refractivity contribution in [3.8, 4) is 0 Å². The van der Waals surface area contributed by atoms with Crippen LogP contribution in [0, 0.1) is 0 Å². The SMILES string of the molecule is NCC[C@H](O)C(=O)N[C@@H]1C[C@H](N)[C@@H](O[C@H]2O[C@H](CN)CC[C@H]2N)[C@@H](Cl)[C@H]1O[C@H]1O[C@H](CO)[C@H](O)[C@H](N)[C@H]1O. The number of ether oxygens (including phenoxy) is 4. The first-order valence-electron chi connectivity index (χ1n) is 12.9. The first kappa shape index (κ1) is 31.8. The zero-order chi connectivity index (χ0) is 28.1. The highest BCUT2D eigenvalue weighted by atomic mass is 35.5. The highest BCUT2D eigenvalue weighted by Gasteiger charge is 2.51. The number of carbonyl (C=O) groups is 1. The van der Waals surface area contributed by atoms with Gasteiger partial charge in [-0.25, -0.2) is 0 Å². The number of halogens is 1. The fraction of sp³-hybridized carbons (Fsp3) is 0.955. The summed E-state index contributed by atoms with van der Waals surface area (Å²) in [5.74, 6) is -0.710. The van der Waals surface area contributed by atoms with Gasteiger partial charge in [-0.1, -0.05) is 0 Å². The second-order valence-corrected chi connectivity index (χ2v) is 10.6. The number of amides is 1. The van der Waals surface area contributed by atoms with E-state index in [1.165, 1.54) is 0 Å². The maximum Gasteiger partial charge on any atom is 0.249 e. The Bertz CT molecular complexity index is 760. The summed E-state index contributed by atoms with van der Waals surface area (Å²) in [5.41, 5.74) is 29.7. The topological polar surface area (TPSA) is 277 Å². The molecule has 1 saturated carbocycles. The van der Waals surface area contributed by atoms with E-state index in [-0.39, 0.29) is 32.0 Å². The van der Waals surface area contributed by atoms with Crippen LogP contribution in [-0.4, -0.2) is 131 Å². The normalized spacial score (nSPS) is 44.9. The van der Waals surface area contributed by atoms with Crippen LogP contribution in [0.25, 0.3) is 0 Å². The summed E-state index contributed by atoms with van der Waals surface area (Å²) < 4.78 is 23.6. The maximum absolute atomic E-state index is 12.6. The lowest BCUT2D eigenvalue weighted by Gasteiger charge is -2.48. The van der Waals surface area contributed by atoms with Crippen molar-refractivity contribution in [2.45, 2.75) is 111 Å². The van der Waals surface area contributed by atoms with Gasteiger partial charge in [-0.05, 0) is 32.2 Å². The minimum atomic E-state index is -1.49. The lowest BCUT2D eigenvalue weighted by molar-refractivity contribution is -0.298. The predicted octanol–water partition coefficient (Wildman–Crippen LogP) is -5.15. The minimum Gasteiger partial charge on any atom is -0.394 e. The molecule has 0 radical (unpaired) electrons. The van der Waals surface area contributed by atoms with Crippen molar-refractivity contribution in [2.75, 3.05) is 19.7 Å². The third-order valence-electron chi connectivity index (χ3n) is 7.32. The maximum atomic E-state index is 12.6. The highest BCUT2D eigenvalue weighted by molar-refractivity contribution is 6.21. The molecule has 3 rings (SSSR count). The number of carbonyl (C=O) groups excluding carboxylic acids is 1. The Balaban J connectivity index is 1.82. The number of hydrogen-bond donors (Lipinski definition) is 10. The molecule has 15 nitrogen and oxygen atoms in total. The predicted molar refractivity (Wildman–Crippen MR) is 134 cm³/mol. The lowest BCUT2D eigenvalue weighted by Crippen LogP contribution is -2.68. The Hall–Kier alpha value is -0.760. The van der Waals surface area contributed by atoms with Gasteiger partial charge >= 0.3 is 0 Å². The molecule has 2 saturated heterocycles. The molecule has 0 unspecified atom stereocenters. The van der Waals surface area contributed by atoms with Crippen molar-refractivity contribution < 1.29 is 44.2 Å². The molecular weight excluding hydrogens is 528 g/mol. The van der Waals surface area contributed by atoms with E-state index in [0.29, 0.717) is 12.8 Å². The van der Waals surface area contributed by atoms with E-state index in [4.69, 9.17) is 59.2 Å². The molecule has 15 N–H and O–H groups in total. The molecule has 2 heterocycles. The summed E-state index contributed by atoms with van der Waals surface area (Å²) in [6.07, 6.45) is -8.39. The zero-order valence-electron chi connectivity index (χ0n) is 21.1. The minimum absolute atomic E-state index is 0.0285. The molecule has 16 heteroatoms. The molecule has 2 aliphatic heterocycles. The van der Waals surface area contributed by atoms with Crippen LogP contribution >= 0.6 is 11.6 Å². The average molecular weight is 571 g/mol. The number of aliphatic hydroxyl groups excluding tert-OH is 4. The summed E-state index contributed by atoms with van der Waals surface area (Å²) in [5, 5.41) is 42.1. The number of hydrogen-bond acceptors (Lipinski definition) is 14. The fourth-order valence-corrected chi connectivity index (χ4v) is 5.46. The number of alkyl halides is 1. The first-order valence-corrected chi connectivity index (χ1v) is 13.3. The fourth-order valence-electron chi connectivity index (χ4n) is 4.98. The molecule has 0 aromatic carbocycles. The number of nitrogens with one attached hydrogen (secondary N) is 1. The van der Waals surface area contributed by atoms with Gasteiger partial charge in [-0.2, -0.15) is 0 Å². The molecule has 3 aliphatic rings. The summed E-state index contributed by atoms with van der Waals surface area (Å²) >= 11 is 6.85. The van der Waals surface area contributed by atoms with Crippen LogP contribution in [-0.2, 0) is 23.7 Å². The Kier molecular flexibility index (Phi) is 11.9. The molecule has 222 valence electrons. The van der Waals surface area contributed by atoms with Crippen molar-refractivity contribution in [2.24, 2.45) is 28.7 Å². The first-order chi connectivity index (χ1) is 18.0. The Morgan fingerprint density at radius 2 is 1.71 bits per heavy atom. The monoisotopic (exact) mass is 570 g/mol. The van der Waals surface area contributed by atoms with Gasteiger partial charge < -0.3 is 73.4 Å². The molecular formula is C22H43ClN6O9. The van der Waals surface area contributed by atoms with E-state index in [0.717, 1.165) is 0 Å². The quantitative estimate of drug-likeness (QED) is 0.110. The Morgan fingerprint density at radius 3 is 2.34 bits per heavy atom. The van der Waals surface area contributed by atoms with E-state index >= 15 is 0 Å². The van der Waals surface area contributed by atoms with Crippen LogP contribution in [0.3, 0.4) is 0 Å². The summed E-state index contributed by atoms with van der Waals surface area (Å²) in [6, 6.07) is -3.21. The molecule has 0 aromatic rings. The van der Waals surface area contributed by atoms with E-state index in [1.54, 1.807) is 0 Å². The number of nitrogens with two attached hydrogens (primary N) is 5. The smallest absolute Gasteiger partial charge is 0.249 e. The highest BCUT2D eigenvalue weighted by Crippen LogP contribution is 2.34. The molecule has 3 fully saturated rings. The summed E-state index contributed by atoms with van der Waals surface area (Å²) in [4.78, 5) is 12.6. The van der Waals surface area contributed by atoms with Crippen LogP contribution in [0.2, 0.25) is 0 Å². The van der Waals surface area contributed by atoms with E-state index in [1.807, 2.05) is 0 Å². The molecule has 1 amide bonds. The molecule has 0 spiro atoms. The van der Waals surface area contributed by atoms with E-state index in [9.17, 15) is 25.2 Å². The van der Waals surface area contributed by atoms with Crippen LogP contribution in [0.1, 0.15) is 25.7 Å². The third-order valence-corrected chi connectivity index (χ3v) is 7.82. The Morgan fingerprint density at radius 1 is 1.03 bits per heavy atom. The Labute approximate surface area is 226 Å². The van der Waals surface area contributed by atoms with Gasteiger partial charge in [0, 0.05) is 12.6 Å². The van der Waals surface area contributed by atoms with Gasteiger partial charge in [0.25, 0.3) is 0 Å². The van der Waals surface area contributed by atoms with Gasteiger partial charge in [0.1, 0.15) is 24.4 Å². The van der Waals surface area contributed by atoms with Gasteiger partial charge in [-0.15, -0.1) is 11.6 Å². The third kappa shape index (κ3) is 7.30. The van der Waals surface area contributed by atoms with Crippen molar-refractivity contribution in [1.29, 1.82) is 0 Å². The van der Waals surface area contributed by atoms with Crippen molar-refractivity contribution in [3.05, 3.63) is 0 Å². The summed E-state index contributed by atoms with van der Waals surface area (Å²) in [6.45, 7) is -0.214.